The molecule has 0 fully saturated rings. The molecule has 2 aromatic heterocycles. The summed E-state index contributed by atoms with van der Waals surface area (Å²) in [4.78, 5) is 6.68. The van der Waals surface area contributed by atoms with Crippen molar-refractivity contribution >= 4 is 0 Å². The lowest BCUT2D eigenvalue weighted by Crippen LogP contribution is -2.26. The van der Waals surface area contributed by atoms with E-state index in [0.717, 1.165) is 36.5 Å². The first kappa shape index (κ1) is 13.2. The van der Waals surface area contributed by atoms with Crippen LogP contribution in [0.1, 0.15) is 17.0 Å². The van der Waals surface area contributed by atoms with Crippen molar-refractivity contribution in [3.63, 3.8) is 0 Å². The van der Waals surface area contributed by atoms with Crippen LogP contribution in [0.25, 0.3) is 22.6 Å². The third-order valence-corrected chi connectivity index (χ3v) is 4.10. The van der Waals surface area contributed by atoms with E-state index in [4.69, 9.17) is 4.52 Å². The molecule has 0 bridgehead atoms. The number of rotatable bonds is 2. The van der Waals surface area contributed by atoms with Gasteiger partial charge in [-0.25, -0.2) is 4.98 Å². The Morgan fingerprint density at radius 2 is 2.18 bits per heavy atom. The average molecular weight is 295 g/mol. The highest BCUT2D eigenvalue weighted by atomic mass is 16.5. The minimum absolute atomic E-state index is 0.568. The maximum atomic E-state index is 5.17. The molecule has 1 aliphatic heterocycles. The molecule has 0 spiro atoms. The molecule has 1 N–H and O–H groups in total. The molecule has 0 saturated heterocycles. The van der Waals surface area contributed by atoms with Gasteiger partial charge in [-0.1, -0.05) is 23.4 Å². The first-order valence-electron chi connectivity index (χ1n) is 7.35. The van der Waals surface area contributed by atoms with Crippen LogP contribution in [-0.2, 0) is 13.0 Å². The van der Waals surface area contributed by atoms with Gasteiger partial charge in [0.25, 0.3) is 0 Å². The second-order valence-corrected chi connectivity index (χ2v) is 5.79. The number of nitrogens with zero attached hydrogens (tertiary/aromatic N) is 4. The highest BCUT2D eigenvalue weighted by Gasteiger charge is 2.19. The zero-order valence-corrected chi connectivity index (χ0v) is 12.6. The molecule has 0 radical (unpaired) electrons. The van der Waals surface area contributed by atoms with E-state index < -0.39 is 0 Å². The molecule has 3 heterocycles. The Morgan fingerprint density at radius 1 is 1.27 bits per heavy atom. The van der Waals surface area contributed by atoms with E-state index in [1.807, 2.05) is 6.92 Å². The summed E-state index contributed by atoms with van der Waals surface area (Å²) in [5.74, 6) is 1.33. The van der Waals surface area contributed by atoms with Crippen molar-refractivity contribution in [2.24, 2.45) is 0 Å². The molecule has 0 atom stereocenters. The van der Waals surface area contributed by atoms with E-state index >= 15 is 0 Å². The number of H-pyrrole nitrogens is 1. The molecular weight excluding hydrogens is 278 g/mol. The highest BCUT2D eigenvalue weighted by Crippen LogP contribution is 2.31. The van der Waals surface area contributed by atoms with Crippen molar-refractivity contribution in [3.8, 4) is 22.6 Å². The number of benzene rings is 1. The summed E-state index contributed by atoms with van der Waals surface area (Å²) in [6, 6.07) is 6.55. The Hall–Kier alpha value is -2.47. The van der Waals surface area contributed by atoms with Crippen LogP contribution in [0.2, 0.25) is 0 Å². The Labute approximate surface area is 128 Å². The first-order valence-corrected chi connectivity index (χ1v) is 7.35. The van der Waals surface area contributed by atoms with Crippen molar-refractivity contribution in [3.05, 3.63) is 41.4 Å². The summed E-state index contributed by atoms with van der Waals surface area (Å²) < 4.78 is 5.17. The van der Waals surface area contributed by atoms with Gasteiger partial charge < -0.3 is 9.42 Å². The van der Waals surface area contributed by atoms with Crippen LogP contribution < -0.4 is 0 Å². The van der Waals surface area contributed by atoms with Gasteiger partial charge in [0, 0.05) is 13.1 Å². The molecule has 22 heavy (non-hydrogen) atoms. The summed E-state index contributed by atoms with van der Waals surface area (Å²) in [7, 11) is 2.15. The number of hydrogen-bond acceptors (Lipinski definition) is 5. The second-order valence-electron chi connectivity index (χ2n) is 5.79. The lowest BCUT2D eigenvalue weighted by Gasteiger charge is -2.25. The predicted molar refractivity (Wildman–Crippen MR) is 82.1 cm³/mol. The Bertz CT molecular complexity index is 820. The molecule has 0 saturated carbocycles. The number of fused-ring (bicyclic) bond motifs is 1. The van der Waals surface area contributed by atoms with E-state index in [1.54, 1.807) is 6.26 Å². The molecule has 1 aromatic carbocycles. The van der Waals surface area contributed by atoms with Crippen LogP contribution in [0.3, 0.4) is 0 Å². The summed E-state index contributed by atoms with van der Waals surface area (Å²) >= 11 is 0. The quantitative estimate of drug-likeness (QED) is 0.786. The molecule has 0 unspecified atom stereocenters. The summed E-state index contributed by atoms with van der Waals surface area (Å²) in [6.07, 6.45) is 2.73. The zero-order valence-electron chi connectivity index (χ0n) is 12.6. The predicted octanol–water partition coefficient (Wildman–Crippen LogP) is 2.42. The van der Waals surface area contributed by atoms with Gasteiger partial charge in [0.2, 0.25) is 5.82 Å². The second kappa shape index (κ2) is 5.06. The summed E-state index contributed by atoms with van der Waals surface area (Å²) in [5.41, 5.74) is 5.50. The third kappa shape index (κ3) is 2.21. The van der Waals surface area contributed by atoms with Crippen LogP contribution in [0, 0.1) is 6.92 Å². The molecule has 0 aliphatic carbocycles. The number of hydrogen-bond donors (Lipinski definition) is 1. The van der Waals surface area contributed by atoms with Gasteiger partial charge in [0.05, 0.1) is 5.56 Å². The molecule has 0 amide bonds. The van der Waals surface area contributed by atoms with Gasteiger partial charge in [-0.05, 0) is 37.1 Å². The fourth-order valence-electron chi connectivity index (χ4n) is 2.91. The van der Waals surface area contributed by atoms with Crippen molar-refractivity contribution < 1.29 is 4.52 Å². The van der Waals surface area contributed by atoms with Crippen molar-refractivity contribution in [1.82, 2.24) is 25.2 Å². The molecule has 3 aromatic rings. The van der Waals surface area contributed by atoms with Gasteiger partial charge in [0.15, 0.2) is 5.69 Å². The Balaban J connectivity index is 1.76. The molecule has 4 rings (SSSR count). The largest absolute Gasteiger partial charge is 0.363 e. The lowest BCUT2D eigenvalue weighted by molar-refractivity contribution is 0.313. The van der Waals surface area contributed by atoms with E-state index in [2.05, 4.69) is 50.5 Å². The van der Waals surface area contributed by atoms with E-state index in [0.29, 0.717) is 11.5 Å². The van der Waals surface area contributed by atoms with Crippen LogP contribution in [0.5, 0.6) is 0 Å². The van der Waals surface area contributed by atoms with Crippen molar-refractivity contribution in [1.29, 1.82) is 0 Å². The molecule has 6 heteroatoms. The van der Waals surface area contributed by atoms with Crippen LogP contribution in [0.4, 0.5) is 0 Å². The van der Waals surface area contributed by atoms with E-state index in [9.17, 15) is 0 Å². The van der Waals surface area contributed by atoms with Gasteiger partial charge in [-0.2, -0.15) is 5.10 Å². The summed E-state index contributed by atoms with van der Waals surface area (Å²) in [6.45, 7) is 3.96. The number of nitrogens with one attached hydrogen (secondary N) is 1. The van der Waals surface area contributed by atoms with Crippen LogP contribution >= 0.6 is 0 Å². The van der Waals surface area contributed by atoms with Crippen LogP contribution in [-0.4, -0.2) is 38.8 Å². The number of likely N-dealkylation sites (N-methyl/N-ethyl adjacent to an activating group) is 1. The number of aromatic amines is 1. The van der Waals surface area contributed by atoms with Crippen molar-refractivity contribution in [2.45, 2.75) is 19.9 Å². The van der Waals surface area contributed by atoms with Gasteiger partial charge in [-0.3, -0.25) is 5.10 Å². The minimum atomic E-state index is 0.568. The minimum Gasteiger partial charge on any atom is -0.363 e. The highest BCUT2D eigenvalue weighted by molar-refractivity contribution is 5.77. The SMILES string of the molecule is Cc1nc(-c2nocc2-c2ccc3c(c2)CCN(C)C3)n[nH]1. The maximum absolute atomic E-state index is 5.17. The Morgan fingerprint density at radius 3 is 3.00 bits per heavy atom. The van der Waals surface area contributed by atoms with Crippen molar-refractivity contribution in [2.75, 3.05) is 13.6 Å². The van der Waals surface area contributed by atoms with Gasteiger partial charge >= 0.3 is 0 Å². The average Bonchev–Trinajstić information content (AvgIpc) is 3.15. The summed E-state index contributed by atoms with van der Waals surface area (Å²) in [5, 5.41) is 11.1. The van der Waals surface area contributed by atoms with Crippen LogP contribution in [0.15, 0.2) is 29.0 Å². The molecular formula is C16H17N5O. The smallest absolute Gasteiger partial charge is 0.203 e. The van der Waals surface area contributed by atoms with Gasteiger partial charge in [0.1, 0.15) is 12.1 Å². The fraction of sp³-hybridized carbons (Fsp3) is 0.312. The number of aromatic nitrogens is 4. The van der Waals surface area contributed by atoms with E-state index in [-0.39, 0.29) is 0 Å². The topological polar surface area (TPSA) is 70.8 Å². The van der Waals surface area contributed by atoms with Gasteiger partial charge in [-0.15, -0.1) is 0 Å². The monoisotopic (exact) mass is 295 g/mol. The standard InChI is InChI=1S/C16H17N5O/c1-10-17-16(19-18-10)15-14(9-22-20-15)12-3-4-13-8-21(2)6-5-11(13)7-12/h3-4,7,9H,5-6,8H2,1-2H3,(H,17,18,19). The maximum Gasteiger partial charge on any atom is 0.203 e. The van der Waals surface area contributed by atoms with E-state index in [1.165, 1.54) is 11.1 Å². The fourth-order valence-corrected chi connectivity index (χ4v) is 2.91. The normalized spacial score (nSPS) is 15.0. The molecule has 6 nitrogen and oxygen atoms in total. The third-order valence-electron chi connectivity index (χ3n) is 4.10. The molecule has 112 valence electrons. The zero-order chi connectivity index (χ0) is 15.1. The number of aryl methyl sites for hydroxylation is 1. The Kier molecular flexibility index (Phi) is 3.04. The molecule has 1 aliphatic rings. The first-order chi connectivity index (χ1) is 10.7. The lowest BCUT2D eigenvalue weighted by atomic mass is 9.95.